The van der Waals surface area contributed by atoms with Gasteiger partial charge in [-0.1, -0.05) is 20.3 Å². The monoisotopic (exact) mass is 257 g/mol. The molecule has 0 aromatic heterocycles. The van der Waals surface area contributed by atoms with Crippen LogP contribution in [-0.2, 0) is 4.79 Å². The molecule has 0 aliphatic heterocycles. The summed E-state index contributed by atoms with van der Waals surface area (Å²) in [6.07, 6.45) is 3.31. The number of carbonyl (C=O) groups excluding carboxylic acids is 1. The molecule has 0 saturated heterocycles. The molecular weight excluding hydrogens is 226 g/mol. The minimum absolute atomic E-state index is 0.0992. The fraction of sp³-hybridized carbons (Fsp3) is 0.929. The van der Waals surface area contributed by atoms with Gasteiger partial charge in [0.15, 0.2) is 0 Å². The minimum Gasteiger partial charge on any atom is -0.353 e. The molecule has 4 heteroatoms. The first-order valence-electron chi connectivity index (χ1n) is 7.21. The van der Waals surface area contributed by atoms with Crippen LogP contribution in [-0.4, -0.2) is 49.6 Å². The van der Waals surface area contributed by atoms with E-state index in [9.17, 15) is 4.79 Å². The van der Waals surface area contributed by atoms with E-state index in [2.05, 4.69) is 50.3 Å². The molecule has 18 heavy (non-hydrogen) atoms. The standard InChI is InChI=1S/C14H31N3O/c1-6-8-12(3)16-14(18)11-15-9-10-17(5)13(4)7-2/h12-13,15H,6-11H2,1-5H3,(H,16,18). The molecule has 108 valence electrons. The molecule has 1 amide bonds. The predicted octanol–water partition coefficient (Wildman–Crippen LogP) is 1.61. The Bertz CT molecular complexity index is 221. The number of amides is 1. The lowest BCUT2D eigenvalue weighted by Gasteiger charge is -2.23. The summed E-state index contributed by atoms with van der Waals surface area (Å²) in [6.45, 7) is 10.9. The average Bonchev–Trinajstić information content (AvgIpc) is 2.33. The summed E-state index contributed by atoms with van der Waals surface area (Å²) in [6, 6.07) is 0.886. The second-order valence-corrected chi connectivity index (χ2v) is 5.17. The van der Waals surface area contributed by atoms with E-state index < -0.39 is 0 Å². The van der Waals surface area contributed by atoms with Crippen LogP contribution < -0.4 is 10.6 Å². The number of likely N-dealkylation sites (N-methyl/N-ethyl adjacent to an activating group) is 1. The van der Waals surface area contributed by atoms with Gasteiger partial charge in [-0.3, -0.25) is 4.79 Å². The van der Waals surface area contributed by atoms with Gasteiger partial charge in [0.1, 0.15) is 0 Å². The van der Waals surface area contributed by atoms with Crippen LogP contribution >= 0.6 is 0 Å². The van der Waals surface area contributed by atoms with Crippen molar-refractivity contribution in [1.29, 1.82) is 0 Å². The first kappa shape index (κ1) is 17.4. The third-order valence-electron chi connectivity index (χ3n) is 3.40. The van der Waals surface area contributed by atoms with Crippen molar-refractivity contribution in [1.82, 2.24) is 15.5 Å². The molecule has 0 aromatic rings. The zero-order valence-corrected chi connectivity index (χ0v) is 12.8. The molecule has 0 aromatic carbocycles. The summed E-state index contributed by atoms with van der Waals surface area (Å²) < 4.78 is 0. The van der Waals surface area contributed by atoms with Gasteiger partial charge in [-0.2, -0.15) is 0 Å². The van der Waals surface area contributed by atoms with Crippen molar-refractivity contribution in [3.63, 3.8) is 0 Å². The average molecular weight is 257 g/mol. The highest BCUT2D eigenvalue weighted by molar-refractivity contribution is 5.78. The number of nitrogens with one attached hydrogen (secondary N) is 2. The lowest BCUT2D eigenvalue weighted by Crippen LogP contribution is -2.41. The zero-order chi connectivity index (χ0) is 14.0. The summed E-state index contributed by atoms with van der Waals surface area (Å²) in [5.74, 6) is 0.0992. The van der Waals surface area contributed by atoms with E-state index in [1.165, 1.54) is 0 Å². The number of hydrogen-bond donors (Lipinski definition) is 2. The van der Waals surface area contributed by atoms with Crippen LogP contribution in [0, 0.1) is 0 Å². The second kappa shape index (κ2) is 10.3. The molecule has 0 saturated carbocycles. The summed E-state index contributed by atoms with van der Waals surface area (Å²) >= 11 is 0. The number of hydrogen-bond acceptors (Lipinski definition) is 3. The first-order valence-corrected chi connectivity index (χ1v) is 7.21. The van der Waals surface area contributed by atoms with E-state index in [1.807, 2.05) is 0 Å². The normalized spacial score (nSPS) is 14.6. The van der Waals surface area contributed by atoms with E-state index >= 15 is 0 Å². The van der Waals surface area contributed by atoms with E-state index in [0.29, 0.717) is 12.6 Å². The lowest BCUT2D eigenvalue weighted by molar-refractivity contribution is -0.120. The fourth-order valence-corrected chi connectivity index (χ4v) is 1.82. The maximum absolute atomic E-state index is 11.6. The van der Waals surface area contributed by atoms with Crippen LogP contribution in [0.3, 0.4) is 0 Å². The Hall–Kier alpha value is -0.610. The Morgan fingerprint density at radius 3 is 2.50 bits per heavy atom. The molecule has 0 aliphatic rings. The van der Waals surface area contributed by atoms with E-state index in [-0.39, 0.29) is 11.9 Å². The maximum Gasteiger partial charge on any atom is 0.234 e. The van der Waals surface area contributed by atoms with Crippen LogP contribution in [0.25, 0.3) is 0 Å². The van der Waals surface area contributed by atoms with Gasteiger partial charge in [0.05, 0.1) is 6.54 Å². The summed E-state index contributed by atoms with van der Waals surface area (Å²) in [4.78, 5) is 13.9. The maximum atomic E-state index is 11.6. The molecule has 0 aliphatic carbocycles. The van der Waals surface area contributed by atoms with E-state index in [0.717, 1.165) is 32.4 Å². The van der Waals surface area contributed by atoms with Crippen molar-refractivity contribution >= 4 is 5.91 Å². The SMILES string of the molecule is CCCC(C)NC(=O)CNCCN(C)C(C)CC. The third-order valence-corrected chi connectivity index (χ3v) is 3.40. The van der Waals surface area contributed by atoms with Crippen molar-refractivity contribution in [2.75, 3.05) is 26.7 Å². The van der Waals surface area contributed by atoms with Crippen LogP contribution in [0.4, 0.5) is 0 Å². The van der Waals surface area contributed by atoms with Gasteiger partial charge in [-0.25, -0.2) is 0 Å². The highest BCUT2D eigenvalue weighted by Gasteiger charge is 2.07. The molecule has 0 spiro atoms. The highest BCUT2D eigenvalue weighted by Crippen LogP contribution is 1.98. The van der Waals surface area contributed by atoms with Crippen molar-refractivity contribution in [2.45, 2.75) is 59.0 Å². The molecule has 0 heterocycles. The molecule has 4 nitrogen and oxygen atoms in total. The van der Waals surface area contributed by atoms with Crippen molar-refractivity contribution in [2.24, 2.45) is 0 Å². The Kier molecular flexibility index (Phi) is 9.98. The Morgan fingerprint density at radius 1 is 1.28 bits per heavy atom. The van der Waals surface area contributed by atoms with Crippen molar-refractivity contribution in [3.8, 4) is 0 Å². The summed E-state index contributed by atoms with van der Waals surface area (Å²) in [7, 11) is 2.12. The van der Waals surface area contributed by atoms with Crippen LogP contribution in [0.15, 0.2) is 0 Å². The third kappa shape index (κ3) is 8.48. The largest absolute Gasteiger partial charge is 0.353 e. The molecular formula is C14H31N3O. The van der Waals surface area contributed by atoms with E-state index in [1.54, 1.807) is 0 Å². The topological polar surface area (TPSA) is 44.4 Å². The molecule has 0 bridgehead atoms. The fourth-order valence-electron chi connectivity index (χ4n) is 1.82. The lowest BCUT2D eigenvalue weighted by atomic mass is 10.2. The summed E-state index contributed by atoms with van der Waals surface area (Å²) in [5, 5.41) is 6.18. The van der Waals surface area contributed by atoms with Gasteiger partial charge in [-0.05, 0) is 33.7 Å². The first-order chi connectivity index (χ1) is 8.51. The van der Waals surface area contributed by atoms with Gasteiger partial charge >= 0.3 is 0 Å². The molecule has 2 unspecified atom stereocenters. The molecule has 0 fully saturated rings. The Labute approximate surface area is 113 Å². The van der Waals surface area contributed by atoms with Gasteiger partial charge in [0.25, 0.3) is 0 Å². The molecule has 0 radical (unpaired) electrons. The van der Waals surface area contributed by atoms with Crippen molar-refractivity contribution in [3.05, 3.63) is 0 Å². The zero-order valence-electron chi connectivity index (χ0n) is 12.8. The van der Waals surface area contributed by atoms with Gasteiger partial charge < -0.3 is 15.5 Å². The number of rotatable bonds is 10. The summed E-state index contributed by atoms with van der Waals surface area (Å²) in [5.41, 5.74) is 0. The van der Waals surface area contributed by atoms with Crippen molar-refractivity contribution < 1.29 is 4.79 Å². The van der Waals surface area contributed by atoms with Gasteiger partial charge in [-0.15, -0.1) is 0 Å². The highest BCUT2D eigenvalue weighted by atomic mass is 16.1. The smallest absolute Gasteiger partial charge is 0.234 e. The Balaban J connectivity index is 3.57. The Morgan fingerprint density at radius 2 is 1.94 bits per heavy atom. The van der Waals surface area contributed by atoms with E-state index in [4.69, 9.17) is 0 Å². The molecule has 2 N–H and O–H groups in total. The molecule has 0 rings (SSSR count). The predicted molar refractivity (Wildman–Crippen MR) is 77.8 cm³/mol. The van der Waals surface area contributed by atoms with Crippen LogP contribution in [0.2, 0.25) is 0 Å². The quantitative estimate of drug-likeness (QED) is 0.584. The second-order valence-electron chi connectivity index (χ2n) is 5.17. The minimum atomic E-state index is 0.0992. The number of nitrogens with zero attached hydrogens (tertiary/aromatic N) is 1. The van der Waals surface area contributed by atoms with Gasteiger partial charge in [0, 0.05) is 25.2 Å². The molecule has 2 atom stereocenters. The van der Waals surface area contributed by atoms with Crippen LogP contribution in [0.5, 0.6) is 0 Å². The number of carbonyl (C=O) groups is 1. The van der Waals surface area contributed by atoms with Gasteiger partial charge in [0.2, 0.25) is 5.91 Å². The van der Waals surface area contributed by atoms with Crippen LogP contribution in [0.1, 0.15) is 47.0 Å².